The normalized spacial score (nSPS) is 28.9. The number of hydroxylamine groups is 2. The predicted octanol–water partition coefficient (Wildman–Crippen LogP) is 4.08. The molecule has 2 aromatic carbocycles. The van der Waals surface area contributed by atoms with Gasteiger partial charge in [-0.2, -0.15) is 5.06 Å². The second-order valence-electron chi connectivity index (χ2n) is 14.5. The zero-order valence-electron chi connectivity index (χ0n) is 28.6. The molecule has 0 aromatic heterocycles. The molecule has 11 heteroatoms. The lowest BCUT2D eigenvalue weighted by Crippen LogP contribution is -2.62. The lowest BCUT2D eigenvalue weighted by atomic mass is 9.45. The molecule has 258 valence electrons. The smallest absolute Gasteiger partial charge is 0.251 e. The Balaban J connectivity index is 1.41. The molecule has 8 atom stereocenters. The first-order chi connectivity index (χ1) is 22.3. The van der Waals surface area contributed by atoms with Gasteiger partial charge >= 0.3 is 0 Å². The van der Waals surface area contributed by atoms with Gasteiger partial charge in [-0.3, -0.25) is 14.4 Å². The van der Waals surface area contributed by atoms with E-state index in [0.29, 0.717) is 41.0 Å². The number of hydrogen-bond donors (Lipinski definition) is 4. The van der Waals surface area contributed by atoms with Gasteiger partial charge < -0.3 is 30.5 Å². The van der Waals surface area contributed by atoms with Crippen LogP contribution in [0.2, 0.25) is 0 Å². The first kappa shape index (κ1) is 35.8. The second-order valence-corrected chi connectivity index (χ2v) is 15.4. The topological polar surface area (TPSA) is 124 Å². The van der Waals surface area contributed by atoms with Crippen molar-refractivity contribution >= 4 is 27.7 Å². The van der Waals surface area contributed by atoms with Gasteiger partial charge in [-0.15, -0.1) is 0 Å². The number of nitrogens with one attached hydrogen (secondary N) is 2. The summed E-state index contributed by atoms with van der Waals surface area (Å²) in [7, 11) is 5.51. The standard InChI is InChI=1S/C36H51BrN4O6/c1-20-28-16-25(36(28,3)4)17-29(20)39-35(45)32-31(21(2)43)30(19-42)47-41(32)18-22-9-8-10-27(33(22)46-7)23-13-24(15-26(37)14-23)34(44)38-11-12-40(5)6/h8-10,13-15,20-21,25,28-32,42-43H,11-12,16-19H2,1-7H3,(H,38,44)(H,39,45)/t20-,21-,25+,28-,29-,30-,31+,32-/m0/s1. The number of halogens is 1. The van der Waals surface area contributed by atoms with E-state index in [-0.39, 0.29) is 31.0 Å². The number of rotatable bonds is 12. The maximum atomic E-state index is 14.1. The summed E-state index contributed by atoms with van der Waals surface area (Å²) in [6, 6.07) is 10.5. The molecule has 1 saturated heterocycles. The highest BCUT2D eigenvalue weighted by molar-refractivity contribution is 9.10. The van der Waals surface area contributed by atoms with E-state index in [9.17, 15) is 19.8 Å². The average Bonchev–Trinajstić information content (AvgIpc) is 3.39. The molecule has 3 aliphatic carbocycles. The molecule has 0 radical (unpaired) electrons. The van der Waals surface area contributed by atoms with E-state index in [0.717, 1.165) is 34.1 Å². The van der Waals surface area contributed by atoms with Crippen molar-refractivity contribution in [2.45, 2.75) is 71.4 Å². The highest BCUT2D eigenvalue weighted by Gasteiger charge is 2.57. The molecule has 1 heterocycles. The minimum Gasteiger partial charge on any atom is -0.496 e. The molecule has 4 N–H and O–H groups in total. The Hall–Kier alpha value is -2.54. The number of benzene rings is 2. The molecular formula is C36H51BrN4O6. The van der Waals surface area contributed by atoms with E-state index in [1.165, 1.54) is 6.42 Å². The van der Waals surface area contributed by atoms with Crippen LogP contribution < -0.4 is 15.4 Å². The summed E-state index contributed by atoms with van der Waals surface area (Å²) < 4.78 is 6.72. The number of amides is 2. The van der Waals surface area contributed by atoms with E-state index in [4.69, 9.17) is 9.57 Å². The maximum Gasteiger partial charge on any atom is 0.251 e. The summed E-state index contributed by atoms with van der Waals surface area (Å²) in [6.07, 6.45) is 0.514. The molecule has 4 fully saturated rings. The first-order valence-electron chi connectivity index (χ1n) is 16.7. The van der Waals surface area contributed by atoms with Crippen molar-refractivity contribution in [3.63, 3.8) is 0 Å². The van der Waals surface area contributed by atoms with Gasteiger partial charge in [0.2, 0.25) is 5.91 Å². The Labute approximate surface area is 287 Å². The van der Waals surface area contributed by atoms with Crippen molar-refractivity contribution < 1.29 is 29.4 Å². The summed E-state index contributed by atoms with van der Waals surface area (Å²) >= 11 is 3.57. The van der Waals surface area contributed by atoms with Crippen LogP contribution in [-0.4, -0.2) is 97.2 Å². The van der Waals surface area contributed by atoms with Crippen molar-refractivity contribution in [1.82, 2.24) is 20.6 Å². The van der Waals surface area contributed by atoms with E-state index >= 15 is 0 Å². The molecule has 10 nitrogen and oxygen atoms in total. The first-order valence-corrected chi connectivity index (χ1v) is 17.5. The molecule has 4 aliphatic rings. The number of fused-ring (bicyclic) bond motifs is 2. The van der Waals surface area contributed by atoms with Crippen molar-refractivity contribution in [2.24, 2.45) is 29.1 Å². The number of hydrogen-bond acceptors (Lipinski definition) is 8. The summed E-state index contributed by atoms with van der Waals surface area (Å²) in [5.41, 5.74) is 3.13. The zero-order valence-corrected chi connectivity index (χ0v) is 30.2. The number of para-hydroxylation sites is 1. The number of aliphatic hydroxyl groups excluding tert-OH is 2. The van der Waals surface area contributed by atoms with Crippen LogP contribution in [-0.2, 0) is 16.2 Å². The lowest BCUT2D eigenvalue weighted by molar-refractivity contribution is -0.183. The minimum atomic E-state index is -0.888. The number of methoxy groups -OCH3 is 1. The van der Waals surface area contributed by atoms with Crippen LogP contribution >= 0.6 is 15.9 Å². The molecule has 2 bridgehead atoms. The van der Waals surface area contributed by atoms with Gasteiger partial charge in [-0.25, -0.2) is 0 Å². The molecule has 2 aromatic rings. The monoisotopic (exact) mass is 714 g/mol. The van der Waals surface area contributed by atoms with Crippen LogP contribution in [0.3, 0.4) is 0 Å². The maximum absolute atomic E-state index is 14.1. The fraction of sp³-hybridized carbons (Fsp3) is 0.611. The average molecular weight is 716 g/mol. The zero-order chi connectivity index (χ0) is 34.2. The number of ether oxygens (including phenoxy) is 1. The fourth-order valence-electron chi connectivity index (χ4n) is 8.20. The quantitative estimate of drug-likeness (QED) is 0.260. The third-order valence-electron chi connectivity index (χ3n) is 11.0. The van der Waals surface area contributed by atoms with Gasteiger partial charge in [-0.1, -0.05) is 54.9 Å². The number of aliphatic hydroxyl groups is 2. The largest absolute Gasteiger partial charge is 0.496 e. The van der Waals surface area contributed by atoms with Crippen LogP contribution in [0.25, 0.3) is 11.1 Å². The Kier molecular flexibility index (Phi) is 11.0. The Morgan fingerprint density at radius 1 is 1.21 bits per heavy atom. The Morgan fingerprint density at radius 3 is 2.57 bits per heavy atom. The SMILES string of the molecule is COc1c(CN2O[C@@H](CO)[C@@H]([C@H](C)O)[C@H]2C(=O)N[C@H]2C[C@H]3C[C@@H]([C@@H]2C)C3(C)C)cccc1-c1cc(Br)cc(C(=O)NCCN(C)C)c1. The highest BCUT2D eigenvalue weighted by Crippen LogP contribution is 2.61. The molecular weight excluding hydrogens is 664 g/mol. The van der Waals surface area contributed by atoms with Gasteiger partial charge in [0.1, 0.15) is 17.9 Å². The van der Waals surface area contributed by atoms with Crippen LogP contribution in [0.4, 0.5) is 0 Å². The Morgan fingerprint density at radius 2 is 1.96 bits per heavy atom. The Bertz CT molecular complexity index is 1450. The molecule has 47 heavy (non-hydrogen) atoms. The van der Waals surface area contributed by atoms with Gasteiger partial charge in [0.25, 0.3) is 5.91 Å². The summed E-state index contributed by atoms with van der Waals surface area (Å²) in [4.78, 5) is 35.3. The van der Waals surface area contributed by atoms with E-state index in [2.05, 4.69) is 47.3 Å². The van der Waals surface area contributed by atoms with Crippen molar-refractivity contribution in [3.8, 4) is 16.9 Å². The highest BCUT2D eigenvalue weighted by atomic mass is 79.9. The van der Waals surface area contributed by atoms with Crippen LogP contribution in [0.15, 0.2) is 40.9 Å². The minimum absolute atomic E-state index is 0.0487. The number of carbonyl (C=O) groups is 2. The van der Waals surface area contributed by atoms with Gasteiger partial charge in [0.05, 0.1) is 26.4 Å². The fourth-order valence-corrected chi connectivity index (χ4v) is 8.69. The molecule has 6 rings (SSSR count). The van der Waals surface area contributed by atoms with Crippen molar-refractivity contribution in [3.05, 3.63) is 52.0 Å². The second kappa shape index (κ2) is 14.5. The van der Waals surface area contributed by atoms with E-state index in [1.54, 1.807) is 25.2 Å². The summed E-state index contributed by atoms with van der Waals surface area (Å²) in [6.45, 7) is 9.64. The molecule has 3 saturated carbocycles. The lowest BCUT2D eigenvalue weighted by Gasteiger charge is -2.62. The summed E-state index contributed by atoms with van der Waals surface area (Å²) in [5.74, 6) is 1.07. The number of carbonyl (C=O) groups excluding carboxylic acids is 2. The third kappa shape index (κ3) is 7.26. The van der Waals surface area contributed by atoms with Crippen molar-refractivity contribution in [1.29, 1.82) is 0 Å². The van der Waals surface area contributed by atoms with Crippen molar-refractivity contribution in [2.75, 3.05) is 40.9 Å². The predicted molar refractivity (Wildman–Crippen MR) is 185 cm³/mol. The van der Waals surface area contributed by atoms with Crippen LogP contribution in [0.5, 0.6) is 5.75 Å². The third-order valence-corrected chi connectivity index (χ3v) is 11.5. The van der Waals surface area contributed by atoms with E-state index in [1.807, 2.05) is 49.3 Å². The molecule has 0 spiro atoms. The van der Waals surface area contributed by atoms with Gasteiger partial charge in [0.15, 0.2) is 0 Å². The molecule has 0 unspecified atom stereocenters. The van der Waals surface area contributed by atoms with Gasteiger partial charge in [-0.05, 0) is 80.8 Å². The van der Waals surface area contributed by atoms with Crippen LogP contribution in [0.1, 0.15) is 56.5 Å². The molecule has 2 amide bonds. The number of likely N-dealkylation sites (N-methyl/N-ethyl adjacent to an activating group) is 1. The summed E-state index contributed by atoms with van der Waals surface area (Å²) in [5, 5.41) is 29.0. The van der Waals surface area contributed by atoms with Gasteiger partial charge in [0, 0.05) is 46.2 Å². The number of nitrogens with zero attached hydrogens (tertiary/aromatic N) is 2. The molecule has 1 aliphatic heterocycles. The van der Waals surface area contributed by atoms with E-state index < -0.39 is 24.2 Å². The van der Waals surface area contributed by atoms with Crippen LogP contribution in [0, 0.1) is 29.1 Å².